The molecule has 2 aliphatic carbocycles. The van der Waals surface area contributed by atoms with Crippen molar-refractivity contribution in [2.24, 2.45) is 23.7 Å². The maximum Gasteiger partial charge on any atom is 0.251 e. The van der Waals surface area contributed by atoms with E-state index in [9.17, 15) is 4.79 Å². The number of hydrogen-bond acceptors (Lipinski definition) is 2. The lowest BCUT2D eigenvalue weighted by Crippen LogP contribution is -2.36. The SMILES string of the molecule is CC(C)CNC(=O)c1ccc2c(c1)[C@@H]1[C@H]3CC[C@@H](C3)[C@@H]1[C@H](c1ccccc1)N2. The molecule has 1 heterocycles. The lowest BCUT2D eigenvalue weighted by atomic mass is 9.68. The van der Waals surface area contributed by atoms with E-state index in [0.717, 1.165) is 23.9 Å². The number of rotatable bonds is 4. The Labute approximate surface area is 167 Å². The zero-order chi connectivity index (χ0) is 19.3. The highest BCUT2D eigenvalue weighted by molar-refractivity contribution is 5.95. The van der Waals surface area contributed by atoms with Crippen molar-refractivity contribution >= 4 is 11.6 Å². The van der Waals surface area contributed by atoms with Crippen LogP contribution in [0.5, 0.6) is 0 Å². The summed E-state index contributed by atoms with van der Waals surface area (Å²) in [6, 6.07) is 17.6. The van der Waals surface area contributed by atoms with Crippen LogP contribution in [-0.2, 0) is 0 Å². The molecule has 3 nitrogen and oxygen atoms in total. The van der Waals surface area contributed by atoms with E-state index in [1.54, 1.807) is 0 Å². The molecule has 2 N–H and O–H groups in total. The van der Waals surface area contributed by atoms with Gasteiger partial charge in [0, 0.05) is 17.8 Å². The summed E-state index contributed by atoms with van der Waals surface area (Å²) < 4.78 is 0. The predicted molar refractivity (Wildman–Crippen MR) is 113 cm³/mol. The highest BCUT2D eigenvalue weighted by atomic mass is 16.1. The van der Waals surface area contributed by atoms with Crippen LogP contribution in [0, 0.1) is 23.7 Å². The summed E-state index contributed by atoms with van der Waals surface area (Å²) in [7, 11) is 0. The maximum atomic E-state index is 12.6. The lowest BCUT2D eigenvalue weighted by molar-refractivity contribution is 0.0948. The molecular formula is C25H30N2O. The summed E-state index contributed by atoms with van der Waals surface area (Å²) in [5.41, 5.74) is 4.81. The molecule has 2 saturated carbocycles. The Bertz CT molecular complexity index is 875. The molecule has 0 radical (unpaired) electrons. The van der Waals surface area contributed by atoms with Gasteiger partial charge in [0.2, 0.25) is 0 Å². The molecule has 0 spiro atoms. The van der Waals surface area contributed by atoms with Gasteiger partial charge >= 0.3 is 0 Å². The Morgan fingerprint density at radius 2 is 1.89 bits per heavy atom. The van der Waals surface area contributed by atoms with Gasteiger partial charge in [0.15, 0.2) is 0 Å². The highest BCUT2D eigenvalue weighted by Crippen LogP contribution is 2.63. The minimum atomic E-state index is 0.0568. The largest absolute Gasteiger partial charge is 0.378 e. The van der Waals surface area contributed by atoms with E-state index in [0.29, 0.717) is 23.8 Å². The molecular weight excluding hydrogens is 344 g/mol. The summed E-state index contributed by atoms with van der Waals surface area (Å²) in [4.78, 5) is 12.6. The van der Waals surface area contributed by atoms with Crippen molar-refractivity contribution in [3.05, 3.63) is 65.2 Å². The Balaban J connectivity index is 1.50. The molecule has 5 atom stereocenters. The van der Waals surface area contributed by atoms with Crippen molar-refractivity contribution in [2.75, 3.05) is 11.9 Å². The smallest absolute Gasteiger partial charge is 0.251 e. The quantitative estimate of drug-likeness (QED) is 0.755. The van der Waals surface area contributed by atoms with Crippen LogP contribution in [-0.4, -0.2) is 12.5 Å². The van der Waals surface area contributed by atoms with Crippen LogP contribution in [0.3, 0.4) is 0 Å². The summed E-state index contributed by atoms with van der Waals surface area (Å²) in [6.45, 7) is 4.97. The Kier molecular flexibility index (Phi) is 4.41. The van der Waals surface area contributed by atoms with Gasteiger partial charge in [-0.25, -0.2) is 0 Å². The third kappa shape index (κ3) is 2.92. The monoisotopic (exact) mass is 374 g/mol. The molecule has 146 valence electrons. The van der Waals surface area contributed by atoms with Crippen LogP contribution in [0.1, 0.15) is 66.6 Å². The molecule has 3 aliphatic rings. The molecule has 2 aromatic rings. The van der Waals surface area contributed by atoms with Crippen LogP contribution in [0.25, 0.3) is 0 Å². The van der Waals surface area contributed by atoms with Crippen LogP contribution in [0.4, 0.5) is 5.69 Å². The van der Waals surface area contributed by atoms with Crippen molar-refractivity contribution in [1.82, 2.24) is 5.32 Å². The van der Waals surface area contributed by atoms with Crippen LogP contribution >= 0.6 is 0 Å². The van der Waals surface area contributed by atoms with E-state index in [-0.39, 0.29) is 5.91 Å². The summed E-state index contributed by atoms with van der Waals surface area (Å²) in [6.07, 6.45) is 4.06. The third-order valence-electron chi connectivity index (χ3n) is 7.18. The predicted octanol–water partition coefficient (Wildman–Crippen LogP) is 5.37. The molecule has 1 amide bonds. The number of carbonyl (C=O) groups is 1. The summed E-state index contributed by atoms with van der Waals surface area (Å²) in [5, 5.41) is 6.93. The fourth-order valence-electron chi connectivity index (χ4n) is 6.02. The average molecular weight is 375 g/mol. The first-order valence-electron chi connectivity index (χ1n) is 10.9. The molecule has 3 heteroatoms. The van der Waals surface area contributed by atoms with Crippen LogP contribution in [0.15, 0.2) is 48.5 Å². The normalized spacial score (nSPS) is 29.9. The fraction of sp³-hybridized carbons (Fsp3) is 0.480. The minimum absolute atomic E-state index is 0.0568. The minimum Gasteiger partial charge on any atom is -0.378 e. The number of amides is 1. The third-order valence-corrected chi connectivity index (χ3v) is 7.18. The topological polar surface area (TPSA) is 41.1 Å². The van der Waals surface area contributed by atoms with Crippen molar-refractivity contribution in [2.45, 2.75) is 45.1 Å². The van der Waals surface area contributed by atoms with Crippen LogP contribution in [0.2, 0.25) is 0 Å². The average Bonchev–Trinajstić information content (AvgIpc) is 3.34. The molecule has 2 fully saturated rings. The molecule has 0 saturated heterocycles. The second-order valence-corrected chi connectivity index (χ2v) is 9.37. The van der Waals surface area contributed by atoms with Gasteiger partial charge in [-0.2, -0.15) is 0 Å². The van der Waals surface area contributed by atoms with Gasteiger partial charge in [0.05, 0.1) is 6.04 Å². The van der Waals surface area contributed by atoms with E-state index in [1.165, 1.54) is 36.1 Å². The van der Waals surface area contributed by atoms with Crippen molar-refractivity contribution in [3.63, 3.8) is 0 Å². The van der Waals surface area contributed by atoms with E-state index < -0.39 is 0 Å². The zero-order valence-corrected chi connectivity index (χ0v) is 16.8. The Morgan fingerprint density at radius 1 is 1.11 bits per heavy atom. The van der Waals surface area contributed by atoms with Gasteiger partial charge in [-0.05, 0) is 78.2 Å². The fourth-order valence-corrected chi connectivity index (χ4v) is 6.02. The summed E-state index contributed by atoms with van der Waals surface area (Å²) >= 11 is 0. The maximum absolute atomic E-state index is 12.6. The first kappa shape index (κ1) is 17.8. The summed E-state index contributed by atoms with van der Waals surface area (Å²) in [5.74, 6) is 3.32. The van der Waals surface area contributed by atoms with Crippen LogP contribution < -0.4 is 10.6 Å². The van der Waals surface area contributed by atoms with E-state index in [4.69, 9.17) is 0 Å². The Morgan fingerprint density at radius 3 is 2.68 bits per heavy atom. The van der Waals surface area contributed by atoms with Crippen molar-refractivity contribution in [1.29, 1.82) is 0 Å². The van der Waals surface area contributed by atoms with Crippen molar-refractivity contribution in [3.8, 4) is 0 Å². The molecule has 0 aromatic heterocycles. The van der Waals surface area contributed by atoms with Gasteiger partial charge in [0.1, 0.15) is 0 Å². The molecule has 2 aromatic carbocycles. The highest BCUT2D eigenvalue weighted by Gasteiger charge is 2.53. The standard InChI is InChI=1S/C25H30N2O/c1-15(2)14-26-25(28)19-10-11-21-20(13-19)22-17-8-9-18(12-17)23(22)24(27-21)16-6-4-3-5-7-16/h3-7,10-11,13,15,17-18,22-24,27H,8-9,12,14H2,1-2H3,(H,26,28)/t17-,18-,22-,23-,24-/m0/s1. The van der Waals surface area contributed by atoms with E-state index >= 15 is 0 Å². The molecule has 1 aliphatic heterocycles. The second-order valence-electron chi connectivity index (χ2n) is 9.37. The number of carbonyl (C=O) groups excluding carboxylic acids is 1. The number of anilines is 1. The molecule has 5 rings (SSSR count). The molecule has 2 bridgehead atoms. The second kappa shape index (κ2) is 6.95. The van der Waals surface area contributed by atoms with E-state index in [1.807, 2.05) is 6.07 Å². The number of fused-ring (bicyclic) bond motifs is 7. The number of nitrogens with one attached hydrogen (secondary N) is 2. The molecule has 28 heavy (non-hydrogen) atoms. The van der Waals surface area contributed by atoms with Gasteiger partial charge in [-0.3, -0.25) is 4.79 Å². The van der Waals surface area contributed by atoms with E-state index in [2.05, 4.69) is 66.9 Å². The number of hydrogen-bond donors (Lipinski definition) is 2. The number of benzene rings is 2. The van der Waals surface area contributed by atoms with Gasteiger partial charge in [-0.15, -0.1) is 0 Å². The molecule has 0 unspecified atom stereocenters. The first-order valence-corrected chi connectivity index (χ1v) is 10.9. The first-order chi connectivity index (χ1) is 13.6. The zero-order valence-electron chi connectivity index (χ0n) is 16.8. The van der Waals surface area contributed by atoms with Crippen molar-refractivity contribution < 1.29 is 4.79 Å². The van der Waals surface area contributed by atoms with Gasteiger partial charge in [0.25, 0.3) is 5.91 Å². The van der Waals surface area contributed by atoms with Gasteiger partial charge in [-0.1, -0.05) is 44.2 Å². The lowest BCUT2D eigenvalue weighted by Gasteiger charge is -2.43. The van der Waals surface area contributed by atoms with Gasteiger partial charge < -0.3 is 10.6 Å². The Hall–Kier alpha value is -2.29.